The van der Waals surface area contributed by atoms with E-state index in [0.717, 1.165) is 29.3 Å². The van der Waals surface area contributed by atoms with Crippen LogP contribution >= 0.6 is 0 Å². The molecule has 1 aliphatic heterocycles. The van der Waals surface area contributed by atoms with Crippen molar-refractivity contribution in [2.24, 2.45) is 0 Å². The Morgan fingerprint density at radius 3 is 2.50 bits per heavy atom. The van der Waals surface area contributed by atoms with Gasteiger partial charge in [0, 0.05) is 48.0 Å². The van der Waals surface area contributed by atoms with Gasteiger partial charge >= 0.3 is 0 Å². The number of aromatic nitrogens is 1. The Bertz CT molecular complexity index is 993. The third kappa shape index (κ3) is 3.30. The molecular weight excluding hydrogens is 346 g/mol. The Hall–Kier alpha value is -2.44. The van der Waals surface area contributed by atoms with E-state index in [1.165, 1.54) is 0 Å². The molecule has 3 aromatic rings. The smallest absolute Gasteiger partial charge is 0.243 e. The van der Waals surface area contributed by atoms with E-state index < -0.39 is 10.0 Å². The molecule has 6 heteroatoms. The maximum Gasteiger partial charge on any atom is 0.243 e. The Morgan fingerprint density at radius 2 is 1.73 bits per heavy atom. The van der Waals surface area contributed by atoms with Crippen molar-refractivity contribution in [3.05, 3.63) is 67.0 Å². The molecule has 0 saturated carbocycles. The van der Waals surface area contributed by atoms with E-state index in [1.54, 1.807) is 34.9 Å². The van der Waals surface area contributed by atoms with Gasteiger partial charge in [-0.3, -0.25) is 4.98 Å². The van der Waals surface area contributed by atoms with Gasteiger partial charge in [0.25, 0.3) is 0 Å². The number of pyridine rings is 1. The second-order valence-electron chi connectivity index (χ2n) is 6.54. The standard InChI is InChI=1S/C20H21N3O2S/c24-26(25,20-8-4-5-16-15-21-12-9-19(16)20)23-13-10-18(11-14-23)22-17-6-2-1-3-7-17/h1-9,12,15,18,22H,10-11,13-14H2. The minimum Gasteiger partial charge on any atom is -0.382 e. The lowest BCUT2D eigenvalue weighted by molar-refractivity contribution is 0.330. The number of hydrogen-bond donors (Lipinski definition) is 1. The molecule has 1 saturated heterocycles. The number of hydrogen-bond acceptors (Lipinski definition) is 4. The van der Waals surface area contributed by atoms with Crippen LogP contribution in [0.25, 0.3) is 10.8 Å². The maximum absolute atomic E-state index is 13.2. The predicted molar refractivity (Wildman–Crippen MR) is 104 cm³/mol. The predicted octanol–water partition coefficient (Wildman–Crippen LogP) is 3.50. The number of nitrogens with zero attached hydrogens (tertiary/aromatic N) is 2. The molecule has 0 bridgehead atoms. The number of anilines is 1. The van der Waals surface area contributed by atoms with Crippen LogP contribution in [0.15, 0.2) is 71.9 Å². The Morgan fingerprint density at radius 1 is 0.962 bits per heavy atom. The number of sulfonamides is 1. The first-order chi connectivity index (χ1) is 12.6. The van der Waals surface area contributed by atoms with Crippen molar-refractivity contribution in [1.29, 1.82) is 0 Å². The number of piperidine rings is 1. The molecule has 2 heterocycles. The summed E-state index contributed by atoms with van der Waals surface area (Å²) in [4.78, 5) is 4.45. The molecule has 134 valence electrons. The zero-order valence-electron chi connectivity index (χ0n) is 14.4. The number of rotatable bonds is 4. The SMILES string of the molecule is O=S(=O)(c1cccc2cnccc12)N1CCC(Nc2ccccc2)CC1. The normalized spacial score (nSPS) is 16.6. The summed E-state index contributed by atoms with van der Waals surface area (Å²) in [6.07, 6.45) is 4.92. The minimum atomic E-state index is -3.51. The molecule has 0 atom stereocenters. The van der Waals surface area contributed by atoms with Crippen LogP contribution in [0.2, 0.25) is 0 Å². The Labute approximate surface area is 153 Å². The van der Waals surface area contributed by atoms with Gasteiger partial charge in [-0.1, -0.05) is 30.3 Å². The summed E-state index contributed by atoms with van der Waals surface area (Å²) in [6, 6.07) is 17.5. The van der Waals surface area contributed by atoms with E-state index >= 15 is 0 Å². The highest BCUT2D eigenvalue weighted by Gasteiger charge is 2.30. The van der Waals surface area contributed by atoms with Crippen molar-refractivity contribution in [1.82, 2.24) is 9.29 Å². The summed E-state index contributed by atoms with van der Waals surface area (Å²) in [5.74, 6) is 0. The van der Waals surface area contributed by atoms with Crippen LogP contribution in [0.3, 0.4) is 0 Å². The van der Waals surface area contributed by atoms with E-state index in [2.05, 4.69) is 10.3 Å². The van der Waals surface area contributed by atoms with Crippen molar-refractivity contribution in [2.45, 2.75) is 23.8 Å². The molecule has 26 heavy (non-hydrogen) atoms. The average Bonchev–Trinajstić information content (AvgIpc) is 2.69. The van der Waals surface area contributed by atoms with Crippen molar-refractivity contribution >= 4 is 26.5 Å². The summed E-state index contributed by atoms with van der Waals surface area (Å²) in [7, 11) is -3.51. The van der Waals surface area contributed by atoms with Crippen LogP contribution in [0.5, 0.6) is 0 Å². The van der Waals surface area contributed by atoms with Crippen molar-refractivity contribution in [3.63, 3.8) is 0 Å². The summed E-state index contributed by atoms with van der Waals surface area (Å²) in [5.41, 5.74) is 1.08. The topological polar surface area (TPSA) is 62.3 Å². The highest BCUT2D eigenvalue weighted by atomic mass is 32.2. The first kappa shape index (κ1) is 17.0. The zero-order valence-corrected chi connectivity index (χ0v) is 15.2. The second-order valence-corrected chi connectivity index (χ2v) is 8.45. The number of nitrogens with one attached hydrogen (secondary N) is 1. The van der Waals surface area contributed by atoms with E-state index in [9.17, 15) is 8.42 Å². The van der Waals surface area contributed by atoms with Crippen LogP contribution < -0.4 is 5.32 Å². The highest BCUT2D eigenvalue weighted by Crippen LogP contribution is 2.27. The Balaban J connectivity index is 1.51. The van der Waals surface area contributed by atoms with Gasteiger partial charge in [-0.2, -0.15) is 4.31 Å². The first-order valence-electron chi connectivity index (χ1n) is 8.79. The van der Waals surface area contributed by atoms with Gasteiger partial charge in [0.1, 0.15) is 0 Å². The number of para-hydroxylation sites is 1. The molecule has 0 amide bonds. The van der Waals surface area contributed by atoms with E-state index in [0.29, 0.717) is 24.0 Å². The van der Waals surface area contributed by atoms with Crippen LogP contribution in [0.1, 0.15) is 12.8 Å². The second kappa shape index (κ2) is 7.05. The van der Waals surface area contributed by atoms with Gasteiger partial charge < -0.3 is 5.32 Å². The third-order valence-electron chi connectivity index (χ3n) is 4.86. The fourth-order valence-corrected chi connectivity index (χ4v) is 5.15. The molecule has 2 aromatic carbocycles. The lowest BCUT2D eigenvalue weighted by Gasteiger charge is -2.32. The van der Waals surface area contributed by atoms with Crippen molar-refractivity contribution < 1.29 is 8.42 Å². The summed E-state index contributed by atoms with van der Waals surface area (Å²) in [5, 5.41) is 5.06. The van der Waals surface area contributed by atoms with Crippen LogP contribution in [0.4, 0.5) is 5.69 Å². The lowest BCUT2D eigenvalue weighted by Crippen LogP contribution is -2.42. The zero-order chi connectivity index (χ0) is 18.0. The summed E-state index contributed by atoms with van der Waals surface area (Å²) >= 11 is 0. The minimum absolute atomic E-state index is 0.292. The van der Waals surface area contributed by atoms with E-state index in [4.69, 9.17) is 0 Å². The van der Waals surface area contributed by atoms with Gasteiger partial charge in [0.05, 0.1) is 4.90 Å². The quantitative estimate of drug-likeness (QED) is 0.767. The first-order valence-corrected chi connectivity index (χ1v) is 10.2. The molecule has 5 nitrogen and oxygen atoms in total. The van der Waals surface area contributed by atoms with Gasteiger partial charge in [0.2, 0.25) is 10.0 Å². The van der Waals surface area contributed by atoms with Gasteiger partial charge in [-0.15, -0.1) is 0 Å². The highest BCUT2D eigenvalue weighted by molar-refractivity contribution is 7.89. The van der Waals surface area contributed by atoms with Crippen LogP contribution in [-0.2, 0) is 10.0 Å². The van der Waals surface area contributed by atoms with Gasteiger partial charge in [0.15, 0.2) is 0 Å². The molecular formula is C20H21N3O2S. The van der Waals surface area contributed by atoms with Crippen LogP contribution in [-0.4, -0.2) is 36.8 Å². The van der Waals surface area contributed by atoms with Crippen LogP contribution in [0, 0.1) is 0 Å². The molecule has 1 N–H and O–H groups in total. The molecule has 1 aliphatic rings. The molecule has 0 spiro atoms. The third-order valence-corrected chi connectivity index (χ3v) is 6.81. The molecule has 0 aliphatic carbocycles. The number of benzene rings is 2. The molecule has 1 aromatic heterocycles. The Kier molecular flexibility index (Phi) is 4.61. The summed E-state index contributed by atoms with van der Waals surface area (Å²) in [6.45, 7) is 1.04. The largest absolute Gasteiger partial charge is 0.382 e. The van der Waals surface area contributed by atoms with Gasteiger partial charge in [-0.25, -0.2) is 8.42 Å². The monoisotopic (exact) mass is 367 g/mol. The van der Waals surface area contributed by atoms with Gasteiger partial charge in [-0.05, 0) is 37.1 Å². The van der Waals surface area contributed by atoms with E-state index in [1.807, 2.05) is 36.4 Å². The molecule has 0 radical (unpaired) electrons. The maximum atomic E-state index is 13.2. The fourth-order valence-electron chi connectivity index (χ4n) is 3.47. The fraction of sp³-hybridized carbons (Fsp3) is 0.250. The molecule has 4 rings (SSSR count). The average molecular weight is 367 g/mol. The van der Waals surface area contributed by atoms with E-state index in [-0.39, 0.29) is 0 Å². The number of fused-ring (bicyclic) bond motifs is 1. The van der Waals surface area contributed by atoms with Crippen molar-refractivity contribution in [2.75, 3.05) is 18.4 Å². The lowest BCUT2D eigenvalue weighted by atomic mass is 10.1. The molecule has 1 fully saturated rings. The van der Waals surface area contributed by atoms with Crippen molar-refractivity contribution in [3.8, 4) is 0 Å². The molecule has 0 unspecified atom stereocenters. The summed E-state index contributed by atoms with van der Waals surface area (Å²) < 4.78 is 27.9.